The van der Waals surface area contributed by atoms with Crippen LogP contribution in [0.25, 0.3) is 20.4 Å². The minimum absolute atomic E-state index is 0.294. The lowest BCUT2D eigenvalue weighted by Crippen LogP contribution is -1.95. The number of ether oxygens (including phenoxy) is 1. The van der Waals surface area contributed by atoms with Crippen LogP contribution in [0.4, 0.5) is 10.3 Å². The topological polar surface area (TPSA) is 81.2 Å². The van der Waals surface area contributed by atoms with Gasteiger partial charge in [-0.3, -0.25) is 0 Å². The molecule has 0 aliphatic heterocycles. The molecule has 2 aromatic heterocycles. The van der Waals surface area contributed by atoms with Crippen molar-refractivity contribution in [2.45, 2.75) is 4.90 Å². The molecule has 0 aliphatic carbocycles. The van der Waals surface area contributed by atoms with Gasteiger partial charge >= 0.3 is 0 Å². The van der Waals surface area contributed by atoms with Crippen LogP contribution in [-0.4, -0.2) is 31.8 Å². The van der Waals surface area contributed by atoms with Crippen molar-refractivity contribution in [3.8, 4) is 5.75 Å². The van der Waals surface area contributed by atoms with Gasteiger partial charge < -0.3 is 10.1 Å². The number of rotatable bonds is 4. The van der Waals surface area contributed by atoms with Crippen molar-refractivity contribution in [1.82, 2.24) is 9.97 Å². The maximum atomic E-state index is 11.7. The van der Waals surface area contributed by atoms with Crippen LogP contribution in [0.15, 0.2) is 41.3 Å². The number of anilines is 2. The fraction of sp³-hybridized carbons (Fsp3) is 0.125. The van der Waals surface area contributed by atoms with Crippen molar-refractivity contribution in [1.29, 1.82) is 0 Å². The quantitative estimate of drug-likeness (QED) is 0.565. The van der Waals surface area contributed by atoms with Gasteiger partial charge in [-0.2, -0.15) is 0 Å². The molecular formula is C16H13N3O3S3. The molecule has 128 valence electrons. The number of benzene rings is 2. The Morgan fingerprint density at radius 1 is 0.960 bits per heavy atom. The molecular weight excluding hydrogens is 378 g/mol. The zero-order valence-electron chi connectivity index (χ0n) is 13.3. The van der Waals surface area contributed by atoms with Crippen LogP contribution < -0.4 is 10.1 Å². The van der Waals surface area contributed by atoms with E-state index in [1.807, 2.05) is 18.2 Å². The van der Waals surface area contributed by atoms with Gasteiger partial charge in [-0.05, 0) is 30.3 Å². The molecule has 2 aromatic carbocycles. The molecule has 0 amide bonds. The second-order valence-corrected chi connectivity index (χ2v) is 9.48. The smallest absolute Gasteiger partial charge is 0.190 e. The van der Waals surface area contributed by atoms with Crippen LogP contribution in [0.3, 0.4) is 0 Å². The first-order chi connectivity index (χ1) is 11.9. The predicted molar refractivity (Wildman–Crippen MR) is 102 cm³/mol. The summed E-state index contributed by atoms with van der Waals surface area (Å²) in [7, 11) is -1.61. The highest BCUT2D eigenvalue weighted by Gasteiger charge is 2.12. The van der Waals surface area contributed by atoms with Crippen LogP contribution >= 0.6 is 22.7 Å². The van der Waals surface area contributed by atoms with Gasteiger partial charge in [0.2, 0.25) is 0 Å². The number of nitrogens with one attached hydrogen (secondary N) is 1. The van der Waals surface area contributed by atoms with Crippen LogP contribution in [0.5, 0.6) is 5.75 Å². The van der Waals surface area contributed by atoms with E-state index in [1.54, 1.807) is 25.3 Å². The number of thiazole rings is 2. The molecule has 0 saturated carbocycles. The van der Waals surface area contributed by atoms with E-state index < -0.39 is 9.84 Å². The molecule has 4 aromatic rings. The number of sulfone groups is 1. The zero-order chi connectivity index (χ0) is 17.6. The standard InChI is InChI=1S/C16H13N3O3S3/c1-22-9-3-6-13-12(7-9)18-16(23-13)19-15-17-11-5-4-10(25(2,20)21)8-14(11)24-15/h3-8H,1-2H3,(H,17,18,19). The maximum absolute atomic E-state index is 11.7. The monoisotopic (exact) mass is 391 g/mol. The first kappa shape index (κ1) is 16.2. The van der Waals surface area contributed by atoms with Crippen LogP contribution in [0, 0.1) is 0 Å². The van der Waals surface area contributed by atoms with Crippen molar-refractivity contribution in [2.24, 2.45) is 0 Å². The van der Waals surface area contributed by atoms with Crippen molar-refractivity contribution in [3.05, 3.63) is 36.4 Å². The lowest BCUT2D eigenvalue weighted by Gasteiger charge is -1.96. The molecule has 25 heavy (non-hydrogen) atoms. The number of nitrogens with zero attached hydrogens (tertiary/aromatic N) is 2. The van der Waals surface area contributed by atoms with E-state index in [4.69, 9.17) is 4.74 Å². The predicted octanol–water partition coefficient (Wildman–Crippen LogP) is 4.06. The Kier molecular flexibility index (Phi) is 3.86. The Bertz CT molecular complexity index is 1200. The first-order valence-electron chi connectivity index (χ1n) is 7.25. The summed E-state index contributed by atoms with van der Waals surface area (Å²) >= 11 is 2.92. The number of methoxy groups -OCH3 is 1. The maximum Gasteiger partial charge on any atom is 0.190 e. The Hall–Kier alpha value is -2.23. The molecule has 1 N–H and O–H groups in total. The molecule has 0 aliphatic rings. The van der Waals surface area contributed by atoms with E-state index in [0.29, 0.717) is 10.0 Å². The summed E-state index contributed by atoms with van der Waals surface area (Å²) in [6, 6.07) is 10.7. The molecule has 0 spiro atoms. The van der Waals surface area contributed by atoms with E-state index in [1.165, 1.54) is 28.9 Å². The third-order valence-electron chi connectivity index (χ3n) is 3.60. The summed E-state index contributed by atoms with van der Waals surface area (Å²) in [6.07, 6.45) is 1.20. The molecule has 2 heterocycles. The first-order valence-corrected chi connectivity index (χ1v) is 10.8. The largest absolute Gasteiger partial charge is 0.497 e. The Balaban J connectivity index is 1.68. The minimum Gasteiger partial charge on any atom is -0.497 e. The van der Waals surface area contributed by atoms with Crippen LogP contribution in [-0.2, 0) is 9.84 Å². The summed E-state index contributed by atoms with van der Waals surface area (Å²) in [6.45, 7) is 0. The van der Waals surface area contributed by atoms with Gasteiger partial charge in [-0.25, -0.2) is 18.4 Å². The average Bonchev–Trinajstić information content (AvgIpc) is 3.14. The van der Waals surface area contributed by atoms with Crippen molar-refractivity contribution in [2.75, 3.05) is 18.7 Å². The molecule has 6 nitrogen and oxygen atoms in total. The SMILES string of the molecule is COc1ccc2sc(Nc3nc4ccc(S(C)(=O)=O)cc4s3)nc2c1. The third-order valence-corrected chi connectivity index (χ3v) is 6.59. The van der Waals surface area contributed by atoms with Gasteiger partial charge in [0, 0.05) is 12.3 Å². The van der Waals surface area contributed by atoms with Gasteiger partial charge in [-0.1, -0.05) is 22.7 Å². The van der Waals surface area contributed by atoms with Gasteiger partial charge in [0.05, 0.1) is 32.4 Å². The van der Waals surface area contributed by atoms with E-state index >= 15 is 0 Å². The summed E-state index contributed by atoms with van der Waals surface area (Å²) in [4.78, 5) is 9.33. The molecule has 0 saturated heterocycles. The van der Waals surface area contributed by atoms with Gasteiger partial charge in [0.15, 0.2) is 20.1 Å². The fourth-order valence-electron chi connectivity index (χ4n) is 2.37. The summed E-state index contributed by atoms with van der Waals surface area (Å²) in [5, 5.41) is 4.60. The molecule has 4 rings (SSSR count). The zero-order valence-corrected chi connectivity index (χ0v) is 15.8. The molecule has 0 unspecified atom stereocenters. The normalized spacial score (nSPS) is 11.9. The average molecular weight is 391 g/mol. The summed E-state index contributed by atoms with van der Waals surface area (Å²) in [5.41, 5.74) is 1.61. The Morgan fingerprint density at radius 2 is 1.68 bits per heavy atom. The van der Waals surface area contributed by atoms with Crippen molar-refractivity contribution >= 4 is 63.2 Å². The van der Waals surface area contributed by atoms with Gasteiger partial charge in [-0.15, -0.1) is 0 Å². The highest BCUT2D eigenvalue weighted by Crippen LogP contribution is 2.34. The second-order valence-electron chi connectivity index (χ2n) is 5.40. The van der Waals surface area contributed by atoms with Crippen LogP contribution in [0.1, 0.15) is 0 Å². The summed E-state index contributed by atoms with van der Waals surface area (Å²) < 4.78 is 30.4. The summed E-state index contributed by atoms with van der Waals surface area (Å²) in [5.74, 6) is 0.762. The Morgan fingerprint density at radius 3 is 2.40 bits per heavy atom. The van der Waals surface area contributed by atoms with Crippen molar-refractivity contribution in [3.63, 3.8) is 0 Å². The second kappa shape index (κ2) is 5.94. The highest BCUT2D eigenvalue weighted by atomic mass is 32.2. The third kappa shape index (κ3) is 3.17. The molecule has 0 fully saturated rings. The fourth-order valence-corrected chi connectivity index (χ4v) is 4.90. The Labute approximate surface area is 152 Å². The highest BCUT2D eigenvalue weighted by molar-refractivity contribution is 7.90. The lowest BCUT2D eigenvalue weighted by atomic mass is 10.3. The van der Waals surface area contributed by atoms with E-state index in [2.05, 4.69) is 15.3 Å². The van der Waals surface area contributed by atoms with Crippen molar-refractivity contribution < 1.29 is 13.2 Å². The minimum atomic E-state index is -3.23. The molecule has 0 radical (unpaired) electrons. The van der Waals surface area contributed by atoms with E-state index in [0.717, 1.165) is 31.3 Å². The van der Waals surface area contributed by atoms with E-state index in [9.17, 15) is 8.42 Å². The number of hydrogen-bond donors (Lipinski definition) is 1. The molecule has 0 atom stereocenters. The van der Waals surface area contributed by atoms with E-state index in [-0.39, 0.29) is 0 Å². The van der Waals surface area contributed by atoms with Gasteiger partial charge in [0.25, 0.3) is 0 Å². The molecule has 9 heteroatoms. The number of hydrogen-bond acceptors (Lipinski definition) is 8. The lowest BCUT2D eigenvalue weighted by molar-refractivity contribution is 0.415. The number of aromatic nitrogens is 2. The number of fused-ring (bicyclic) bond motifs is 2. The van der Waals surface area contributed by atoms with Crippen LogP contribution in [0.2, 0.25) is 0 Å². The molecule has 0 bridgehead atoms. The van der Waals surface area contributed by atoms with Gasteiger partial charge in [0.1, 0.15) is 5.75 Å².